The van der Waals surface area contributed by atoms with Crippen molar-refractivity contribution in [1.82, 2.24) is 9.97 Å². The molecule has 2 aromatic rings. The summed E-state index contributed by atoms with van der Waals surface area (Å²) < 4.78 is 18.5. The van der Waals surface area contributed by atoms with Crippen molar-refractivity contribution in [3.8, 4) is 6.01 Å². The van der Waals surface area contributed by atoms with Gasteiger partial charge >= 0.3 is 6.01 Å². The number of thiocarbonyl (C=S) groups is 1. The van der Waals surface area contributed by atoms with Crippen LogP contribution in [0.15, 0.2) is 23.7 Å². The minimum Gasteiger partial charge on any atom is -0.458 e. The van der Waals surface area contributed by atoms with Crippen LogP contribution in [0.3, 0.4) is 0 Å². The van der Waals surface area contributed by atoms with Gasteiger partial charge in [-0.3, -0.25) is 0 Å². The Morgan fingerprint density at radius 2 is 2.47 bits per heavy atom. The Bertz CT molecular complexity index is 504. The van der Waals surface area contributed by atoms with Gasteiger partial charge in [0.2, 0.25) is 0 Å². The number of nitrogens with one attached hydrogen (secondary N) is 1. The quantitative estimate of drug-likeness (QED) is 0.845. The number of halogens is 1. The van der Waals surface area contributed by atoms with Crippen LogP contribution in [0.1, 0.15) is 4.88 Å². The molecule has 7 heteroatoms. The zero-order valence-electron chi connectivity index (χ0n) is 8.59. The maximum Gasteiger partial charge on any atom is 0.318 e. The number of rotatable bonds is 5. The highest BCUT2D eigenvalue weighted by molar-refractivity contribution is 7.79. The summed E-state index contributed by atoms with van der Waals surface area (Å²) in [5, 5.41) is 4.44. The van der Waals surface area contributed by atoms with Gasteiger partial charge in [-0.25, -0.2) is 9.37 Å². The Labute approximate surface area is 106 Å². The molecule has 2 heterocycles. The first-order chi connectivity index (χ1) is 8.29. The third-order valence-corrected chi connectivity index (χ3v) is 2.81. The molecular formula is C10H8FN3OS2. The van der Waals surface area contributed by atoms with E-state index >= 15 is 0 Å². The summed E-state index contributed by atoms with van der Waals surface area (Å²) in [5.74, 6) is -0.564. The molecule has 1 N–H and O–H groups in total. The molecule has 0 radical (unpaired) electrons. The van der Waals surface area contributed by atoms with Crippen molar-refractivity contribution < 1.29 is 9.13 Å². The van der Waals surface area contributed by atoms with Crippen molar-refractivity contribution in [2.75, 3.05) is 5.32 Å². The lowest BCUT2D eigenvalue weighted by molar-refractivity contribution is 0.283. The van der Waals surface area contributed by atoms with E-state index in [1.165, 1.54) is 5.49 Å². The van der Waals surface area contributed by atoms with Gasteiger partial charge in [0.15, 0.2) is 11.6 Å². The Morgan fingerprint density at radius 1 is 1.59 bits per heavy atom. The molecule has 0 spiro atoms. The molecule has 0 amide bonds. The standard InChI is InChI=1S/C10H8FN3OS2/c11-8-4-12-10(14-9(8)13-6-16)15-5-7-2-1-3-17-7/h1-4,6H,5H2,(H,12,13,14,16). The third kappa shape index (κ3) is 3.18. The molecule has 17 heavy (non-hydrogen) atoms. The molecule has 4 nitrogen and oxygen atoms in total. The van der Waals surface area contributed by atoms with Gasteiger partial charge in [0, 0.05) is 4.88 Å². The monoisotopic (exact) mass is 269 g/mol. The van der Waals surface area contributed by atoms with Crippen LogP contribution in [-0.2, 0) is 6.61 Å². The van der Waals surface area contributed by atoms with Crippen molar-refractivity contribution in [2.45, 2.75) is 6.61 Å². The lowest BCUT2D eigenvalue weighted by Gasteiger charge is -2.05. The molecular weight excluding hydrogens is 261 g/mol. The fourth-order valence-electron chi connectivity index (χ4n) is 1.11. The molecule has 0 aliphatic heterocycles. The van der Waals surface area contributed by atoms with Gasteiger partial charge in [-0.15, -0.1) is 11.3 Å². The number of thiophene rings is 1. The van der Waals surface area contributed by atoms with Crippen LogP contribution in [0.25, 0.3) is 0 Å². The van der Waals surface area contributed by atoms with Crippen LogP contribution in [0.5, 0.6) is 6.01 Å². The number of nitrogens with zero attached hydrogens (tertiary/aromatic N) is 2. The fourth-order valence-corrected chi connectivity index (χ4v) is 1.84. The maximum absolute atomic E-state index is 13.2. The molecule has 0 unspecified atom stereocenters. The predicted octanol–water partition coefficient (Wildman–Crippen LogP) is 2.63. The fraction of sp³-hybridized carbons (Fsp3) is 0.100. The Balaban J connectivity index is 2.05. The van der Waals surface area contributed by atoms with Gasteiger partial charge in [-0.2, -0.15) is 4.98 Å². The highest BCUT2D eigenvalue weighted by Crippen LogP contribution is 2.15. The number of hydrogen-bond donors (Lipinski definition) is 1. The third-order valence-electron chi connectivity index (χ3n) is 1.84. The zero-order valence-corrected chi connectivity index (χ0v) is 10.2. The number of aromatic nitrogens is 2. The molecule has 88 valence electrons. The lowest BCUT2D eigenvalue weighted by Crippen LogP contribution is -2.04. The topological polar surface area (TPSA) is 47.0 Å². The molecule has 0 fully saturated rings. The smallest absolute Gasteiger partial charge is 0.318 e. The van der Waals surface area contributed by atoms with Crippen molar-refractivity contribution in [1.29, 1.82) is 0 Å². The van der Waals surface area contributed by atoms with Crippen molar-refractivity contribution in [3.63, 3.8) is 0 Å². The zero-order chi connectivity index (χ0) is 12.1. The van der Waals surface area contributed by atoms with Gasteiger partial charge < -0.3 is 10.1 Å². The summed E-state index contributed by atoms with van der Waals surface area (Å²) in [5.41, 5.74) is 1.18. The van der Waals surface area contributed by atoms with Gasteiger partial charge in [0.25, 0.3) is 0 Å². The summed E-state index contributed by atoms with van der Waals surface area (Å²) in [7, 11) is 0. The Morgan fingerprint density at radius 3 is 3.18 bits per heavy atom. The van der Waals surface area contributed by atoms with E-state index in [2.05, 4.69) is 27.5 Å². The second-order valence-electron chi connectivity index (χ2n) is 2.98. The van der Waals surface area contributed by atoms with E-state index < -0.39 is 5.82 Å². The SMILES string of the molecule is Fc1cnc(OCc2cccs2)nc1NC=S. The first-order valence-corrected chi connectivity index (χ1v) is 6.02. The summed E-state index contributed by atoms with van der Waals surface area (Å²) in [6.07, 6.45) is 1.04. The summed E-state index contributed by atoms with van der Waals surface area (Å²) in [4.78, 5) is 8.62. The van der Waals surface area contributed by atoms with Gasteiger partial charge in [-0.05, 0) is 11.4 Å². The molecule has 0 saturated carbocycles. The van der Waals surface area contributed by atoms with E-state index in [1.54, 1.807) is 11.3 Å². The Kier molecular flexibility index (Phi) is 3.94. The van der Waals surface area contributed by atoms with Crippen molar-refractivity contribution >= 4 is 34.9 Å². The molecule has 2 aromatic heterocycles. The summed E-state index contributed by atoms with van der Waals surface area (Å²) >= 11 is 6.13. The number of hydrogen-bond acceptors (Lipinski definition) is 5. The number of ether oxygens (including phenoxy) is 1. The molecule has 0 atom stereocenters. The van der Waals surface area contributed by atoms with Gasteiger partial charge in [0.1, 0.15) is 6.61 Å². The normalized spacial score (nSPS) is 9.94. The minimum absolute atomic E-state index is 0.0104. The van der Waals surface area contributed by atoms with Crippen molar-refractivity contribution in [2.24, 2.45) is 0 Å². The average molecular weight is 269 g/mol. The maximum atomic E-state index is 13.2. The molecule has 0 aliphatic rings. The lowest BCUT2D eigenvalue weighted by atomic mass is 10.5. The second-order valence-corrected chi connectivity index (χ2v) is 4.25. The van der Waals surface area contributed by atoms with Gasteiger partial charge in [0.05, 0.1) is 11.7 Å². The summed E-state index contributed by atoms with van der Waals surface area (Å²) in [6.45, 7) is 0.361. The number of anilines is 1. The van der Waals surface area contributed by atoms with E-state index in [-0.39, 0.29) is 11.8 Å². The molecule has 0 aliphatic carbocycles. The van der Waals surface area contributed by atoms with Crippen LogP contribution < -0.4 is 10.1 Å². The van der Waals surface area contributed by atoms with E-state index in [9.17, 15) is 4.39 Å². The largest absolute Gasteiger partial charge is 0.458 e. The Hall–Kier alpha value is -1.60. The second kappa shape index (κ2) is 5.65. The first-order valence-electron chi connectivity index (χ1n) is 4.67. The van der Waals surface area contributed by atoms with Crippen LogP contribution in [0.4, 0.5) is 10.2 Å². The van der Waals surface area contributed by atoms with Crippen LogP contribution >= 0.6 is 23.6 Å². The van der Waals surface area contributed by atoms with Crippen molar-refractivity contribution in [3.05, 3.63) is 34.4 Å². The average Bonchev–Trinajstić information content (AvgIpc) is 2.83. The molecule has 0 bridgehead atoms. The van der Waals surface area contributed by atoms with E-state index in [0.717, 1.165) is 11.1 Å². The molecule has 0 saturated heterocycles. The first kappa shape index (κ1) is 11.9. The van der Waals surface area contributed by atoms with Crippen LogP contribution in [0.2, 0.25) is 0 Å². The predicted molar refractivity (Wildman–Crippen MR) is 67.9 cm³/mol. The highest BCUT2D eigenvalue weighted by atomic mass is 32.1. The van der Waals surface area contributed by atoms with Crippen LogP contribution in [-0.4, -0.2) is 15.5 Å². The molecule has 2 rings (SSSR count). The van der Waals surface area contributed by atoms with E-state index in [4.69, 9.17) is 4.74 Å². The minimum atomic E-state index is -0.574. The molecule has 0 aromatic carbocycles. The van der Waals surface area contributed by atoms with E-state index in [0.29, 0.717) is 6.61 Å². The van der Waals surface area contributed by atoms with E-state index in [1.807, 2.05) is 17.5 Å². The highest BCUT2D eigenvalue weighted by Gasteiger charge is 2.06. The van der Waals surface area contributed by atoms with Crippen LogP contribution in [0, 0.1) is 5.82 Å². The van der Waals surface area contributed by atoms with Gasteiger partial charge in [-0.1, -0.05) is 18.3 Å². The summed E-state index contributed by atoms with van der Waals surface area (Å²) in [6, 6.07) is 3.97.